The van der Waals surface area contributed by atoms with Gasteiger partial charge in [-0.25, -0.2) is 0 Å². The van der Waals surface area contributed by atoms with Gasteiger partial charge in [-0.2, -0.15) is 0 Å². The third kappa shape index (κ3) is 6.45. The molecular weight excluding hydrogens is 206 g/mol. The third-order valence-electron chi connectivity index (χ3n) is 2.26. The Morgan fingerprint density at radius 2 is 1.62 bits per heavy atom. The number of hydrogen-bond acceptors (Lipinski definition) is 4. The van der Waals surface area contributed by atoms with Crippen molar-refractivity contribution in [2.75, 3.05) is 19.6 Å². The summed E-state index contributed by atoms with van der Waals surface area (Å²) in [6.07, 6.45) is 0.435. The Morgan fingerprint density at radius 3 is 2.00 bits per heavy atom. The lowest BCUT2D eigenvalue weighted by atomic mass is 10.1. The lowest BCUT2D eigenvalue weighted by Gasteiger charge is -2.19. The van der Waals surface area contributed by atoms with Crippen LogP contribution in [-0.4, -0.2) is 41.9 Å². The van der Waals surface area contributed by atoms with Gasteiger partial charge in [0.2, 0.25) is 0 Å². The van der Waals surface area contributed by atoms with E-state index in [1.54, 1.807) is 11.8 Å². The molecule has 0 spiro atoms. The number of Topliss-reactive ketones (excluding diaryl/α,β-unsaturated/α-hetero) is 3. The molecule has 16 heavy (non-hydrogen) atoms. The van der Waals surface area contributed by atoms with Crippen LogP contribution in [-0.2, 0) is 14.4 Å². The summed E-state index contributed by atoms with van der Waals surface area (Å²) < 4.78 is 0. The van der Waals surface area contributed by atoms with E-state index < -0.39 is 0 Å². The molecule has 4 heteroatoms. The van der Waals surface area contributed by atoms with Crippen LogP contribution in [0.15, 0.2) is 0 Å². The molecule has 0 rings (SSSR count). The Bertz CT molecular complexity index is 271. The minimum atomic E-state index is -0.0637. The average Bonchev–Trinajstić information content (AvgIpc) is 2.16. The summed E-state index contributed by atoms with van der Waals surface area (Å²) in [5.41, 5.74) is 0. The molecule has 0 saturated carbocycles. The maximum atomic E-state index is 11.5. The molecule has 0 aromatic rings. The molecule has 0 N–H and O–H groups in total. The van der Waals surface area contributed by atoms with Crippen LogP contribution in [0.5, 0.6) is 0 Å². The zero-order valence-electron chi connectivity index (χ0n) is 10.6. The second kappa shape index (κ2) is 7.28. The molecular formula is C12H21NO3. The van der Waals surface area contributed by atoms with E-state index in [1.165, 1.54) is 6.92 Å². The maximum Gasteiger partial charge on any atom is 0.149 e. The van der Waals surface area contributed by atoms with Crippen molar-refractivity contribution in [1.29, 1.82) is 0 Å². The fraction of sp³-hybridized carbons (Fsp3) is 0.750. The Hall–Kier alpha value is -1.03. The first-order chi connectivity index (χ1) is 7.36. The van der Waals surface area contributed by atoms with Crippen molar-refractivity contribution in [1.82, 2.24) is 4.90 Å². The van der Waals surface area contributed by atoms with Gasteiger partial charge in [0.15, 0.2) is 0 Å². The van der Waals surface area contributed by atoms with Crippen molar-refractivity contribution in [2.24, 2.45) is 5.92 Å². The summed E-state index contributed by atoms with van der Waals surface area (Å²) in [6.45, 7) is 7.41. The molecule has 0 saturated heterocycles. The maximum absolute atomic E-state index is 11.5. The normalized spacial score (nSPS) is 10.9. The predicted molar refractivity (Wildman–Crippen MR) is 62.3 cm³/mol. The topological polar surface area (TPSA) is 54.5 Å². The van der Waals surface area contributed by atoms with E-state index in [2.05, 4.69) is 0 Å². The highest BCUT2D eigenvalue weighted by Crippen LogP contribution is 1.99. The van der Waals surface area contributed by atoms with Crippen molar-refractivity contribution in [3.8, 4) is 0 Å². The summed E-state index contributed by atoms with van der Waals surface area (Å²) in [5.74, 6) is 0.0228. The molecule has 0 aliphatic heterocycles. The predicted octanol–water partition coefficient (Wildman–Crippen LogP) is 1.08. The van der Waals surface area contributed by atoms with Crippen LogP contribution in [0.3, 0.4) is 0 Å². The molecule has 0 atom stereocenters. The highest BCUT2D eigenvalue weighted by Gasteiger charge is 2.16. The fourth-order valence-electron chi connectivity index (χ4n) is 1.25. The molecule has 0 aromatic heterocycles. The third-order valence-corrected chi connectivity index (χ3v) is 2.26. The van der Waals surface area contributed by atoms with Crippen LogP contribution in [0.1, 0.15) is 34.1 Å². The molecule has 0 amide bonds. The van der Waals surface area contributed by atoms with E-state index in [4.69, 9.17) is 0 Å². The molecule has 92 valence electrons. The molecule has 0 aliphatic rings. The van der Waals surface area contributed by atoms with Crippen LogP contribution >= 0.6 is 0 Å². The monoisotopic (exact) mass is 227 g/mol. The van der Waals surface area contributed by atoms with E-state index in [-0.39, 0.29) is 42.9 Å². The number of rotatable bonds is 8. The van der Waals surface area contributed by atoms with Gasteiger partial charge in [0, 0.05) is 12.3 Å². The van der Waals surface area contributed by atoms with Gasteiger partial charge >= 0.3 is 0 Å². The largest absolute Gasteiger partial charge is 0.299 e. The standard InChI is InChI=1S/C12H21NO3/c1-5-11(15)7-13(6-10(4)14)8-12(16)9(2)3/h9H,5-8H2,1-4H3. The lowest BCUT2D eigenvalue weighted by molar-refractivity contribution is -0.126. The van der Waals surface area contributed by atoms with Crippen molar-refractivity contribution < 1.29 is 14.4 Å². The number of hydrogen-bond donors (Lipinski definition) is 0. The number of carbonyl (C=O) groups excluding carboxylic acids is 3. The minimum absolute atomic E-state index is 0.0274. The molecule has 0 aromatic carbocycles. The zero-order chi connectivity index (χ0) is 12.7. The van der Waals surface area contributed by atoms with E-state index in [1.807, 2.05) is 13.8 Å². The Labute approximate surface area is 97.0 Å². The zero-order valence-corrected chi connectivity index (χ0v) is 10.6. The molecule has 4 nitrogen and oxygen atoms in total. The van der Waals surface area contributed by atoms with Crippen molar-refractivity contribution in [2.45, 2.75) is 34.1 Å². The van der Waals surface area contributed by atoms with Crippen LogP contribution in [0, 0.1) is 5.92 Å². The van der Waals surface area contributed by atoms with Gasteiger partial charge in [-0.3, -0.25) is 19.3 Å². The van der Waals surface area contributed by atoms with E-state index in [9.17, 15) is 14.4 Å². The number of ketones is 3. The Kier molecular flexibility index (Phi) is 6.81. The first-order valence-corrected chi connectivity index (χ1v) is 5.63. The van der Waals surface area contributed by atoms with Gasteiger partial charge in [0.25, 0.3) is 0 Å². The molecule has 0 radical (unpaired) electrons. The van der Waals surface area contributed by atoms with Crippen molar-refractivity contribution in [3.05, 3.63) is 0 Å². The average molecular weight is 227 g/mol. The van der Waals surface area contributed by atoms with Gasteiger partial charge < -0.3 is 0 Å². The second-order valence-corrected chi connectivity index (χ2v) is 4.36. The second-order valence-electron chi connectivity index (χ2n) is 4.36. The van der Waals surface area contributed by atoms with Gasteiger partial charge in [0.1, 0.15) is 17.3 Å². The highest BCUT2D eigenvalue weighted by molar-refractivity contribution is 5.86. The number of nitrogens with zero attached hydrogens (tertiary/aromatic N) is 1. The van der Waals surface area contributed by atoms with E-state index in [0.717, 1.165) is 0 Å². The molecule has 0 unspecified atom stereocenters. The summed E-state index contributed by atoms with van der Waals surface area (Å²) in [4.78, 5) is 35.5. The van der Waals surface area contributed by atoms with Gasteiger partial charge in [0.05, 0.1) is 19.6 Å². The van der Waals surface area contributed by atoms with E-state index >= 15 is 0 Å². The van der Waals surface area contributed by atoms with Crippen LogP contribution in [0.25, 0.3) is 0 Å². The first kappa shape index (κ1) is 15.0. The number of carbonyl (C=O) groups is 3. The summed E-state index contributed by atoms with van der Waals surface area (Å²) >= 11 is 0. The van der Waals surface area contributed by atoms with Crippen LogP contribution in [0.4, 0.5) is 0 Å². The first-order valence-electron chi connectivity index (χ1n) is 5.63. The van der Waals surface area contributed by atoms with Gasteiger partial charge in [-0.05, 0) is 6.92 Å². The Balaban J connectivity index is 4.36. The highest BCUT2D eigenvalue weighted by atomic mass is 16.1. The quantitative estimate of drug-likeness (QED) is 0.622. The molecule has 0 aliphatic carbocycles. The van der Waals surface area contributed by atoms with E-state index in [0.29, 0.717) is 6.42 Å². The Morgan fingerprint density at radius 1 is 1.06 bits per heavy atom. The minimum Gasteiger partial charge on any atom is -0.299 e. The van der Waals surface area contributed by atoms with Crippen LogP contribution in [0.2, 0.25) is 0 Å². The molecule has 0 fully saturated rings. The van der Waals surface area contributed by atoms with Crippen molar-refractivity contribution >= 4 is 17.3 Å². The molecule has 0 heterocycles. The van der Waals surface area contributed by atoms with Gasteiger partial charge in [-0.1, -0.05) is 20.8 Å². The molecule has 0 bridgehead atoms. The SMILES string of the molecule is CCC(=O)CN(CC(C)=O)CC(=O)C(C)C. The van der Waals surface area contributed by atoms with Crippen LogP contribution < -0.4 is 0 Å². The fourth-order valence-corrected chi connectivity index (χ4v) is 1.25. The van der Waals surface area contributed by atoms with Crippen molar-refractivity contribution in [3.63, 3.8) is 0 Å². The smallest absolute Gasteiger partial charge is 0.149 e. The summed E-state index contributed by atoms with van der Waals surface area (Å²) in [5, 5.41) is 0. The van der Waals surface area contributed by atoms with Gasteiger partial charge in [-0.15, -0.1) is 0 Å². The lowest BCUT2D eigenvalue weighted by Crippen LogP contribution is -2.38. The summed E-state index contributed by atoms with van der Waals surface area (Å²) in [6, 6.07) is 0. The summed E-state index contributed by atoms with van der Waals surface area (Å²) in [7, 11) is 0.